The quantitative estimate of drug-likeness (QED) is 0.862. The fourth-order valence-electron chi connectivity index (χ4n) is 2.48. The molecule has 0 bridgehead atoms. The molecule has 2 heterocycles. The molecule has 7 heteroatoms. The van der Waals surface area contributed by atoms with Crippen LogP contribution in [0.4, 0.5) is 9.52 Å². The molecule has 0 aliphatic carbocycles. The molecule has 2 aromatic rings. The molecule has 1 aromatic carbocycles. The SMILES string of the molecule is O=C(Cc1c(F)cccc1Cl)N1CCN(c2nccs2)CC1. The first-order valence-corrected chi connectivity index (χ1v) is 8.26. The number of carbonyl (C=O) groups excluding carboxylic acids is 1. The number of hydrogen-bond acceptors (Lipinski definition) is 4. The van der Waals surface area contributed by atoms with E-state index >= 15 is 0 Å². The van der Waals surface area contributed by atoms with Gasteiger partial charge < -0.3 is 9.80 Å². The van der Waals surface area contributed by atoms with Crippen molar-refractivity contribution in [1.29, 1.82) is 0 Å². The molecule has 1 amide bonds. The highest BCUT2D eigenvalue weighted by atomic mass is 35.5. The molecule has 116 valence electrons. The summed E-state index contributed by atoms with van der Waals surface area (Å²) in [4.78, 5) is 20.5. The third kappa shape index (κ3) is 3.23. The van der Waals surface area contributed by atoms with Gasteiger partial charge in [0, 0.05) is 48.3 Å². The molecule has 22 heavy (non-hydrogen) atoms. The fraction of sp³-hybridized carbons (Fsp3) is 0.333. The predicted molar refractivity (Wildman–Crippen MR) is 86.0 cm³/mol. The van der Waals surface area contributed by atoms with Crippen LogP contribution in [0, 0.1) is 5.82 Å². The van der Waals surface area contributed by atoms with Crippen LogP contribution in [0.25, 0.3) is 0 Å². The number of benzene rings is 1. The van der Waals surface area contributed by atoms with E-state index < -0.39 is 5.82 Å². The predicted octanol–water partition coefficient (Wildman–Crippen LogP) is 2.83. The molecular formula is C15H15ClFN3OS. The third-order valence-corrected chi connectivity index (χ3v) is 4.90. The Morgan fingerprint density at radius 1 is 1.32 bits per heavy atom. The lowest BCUT2D eigenvalue weighted by molar-refractivity contribution is -0.130. The summed E-state index contributed by atoms with van der Waals surface area (Å²) < 4.78 is 13.8. The standard InChI is InChI=1S/C15H15ClFN3OS/c16-12-2-1-3-13(17)11(12)10-14(21)19-5-7-20(8-6-19)15-18-4-9-22-15/h1-4,9H,5-8,10H2. The van der Waals surface area contributed by atoms with Crippen molar-refractivity contribution in [2.75, 3.05) is 31.1 Å². The number of halogens is 2. The second-order valence-corrected chi connectivity index (χ2v) is 6.34. The fourth-order valence-corrected chi connectivity index (χ4v) is 3.41. The van der Waals surface area contributed by atoms with Crippen molar-refractivity contribution in [3.63, 3.8) is 0 Å². The Balaban J connectivity index is 1.60. The number of aromatic nitrogens is 1. The summed E-state index contributed by atoms with van der Waals surface area (Å²) in [5, 5.41) is 3.21. The zero-order valence-electron chi connectivity index (χ0n) is 11.8. The first-order valence-electron chi connectivity index (χ1n) is 7.00. The number of piperazine rings is 1. The van der Waals surface area contributed by atoms with Crippen molar-refractivity contribution in [2.45, 2.75) is 6.42 Å². The van der Waals surface area contributed by atoms with Crippen molar-refractivity contribution in [2.24, 2.45) is 0 Å². The number of rotatable bonds is 3. The lowest BCUT2D eigenvalue weighted by atomic mass is 10.1. The number of nitrogens with zero attached hydrogens (tertiary/aromatic N) is 3. The topological polar surface area (TPSA) is 36.4 Å². The Morgan fingerprint density at radius 2 is 2.09 bits per heavy atom. The van der Waals surface area contributed by atoms with Crippen molar-refractivity contribution in [3.8, 4) is 0 Å². The first kappa shape index (κ1) is 15.2. The molecule has 1 saturated heterocycles. The Bertz CT molecular complexity index is 637. The van der Waals surface area contributed by atoms with Gasteiger partial charge in [-0.05, 0) is 12.1 Å². The molecule has 0 unspecified atom stereocenters. The minimum absolute atomic E-state index is 0.00274. The van der Waals surface area contributed by atoms with Crippen LogP contribution in [-0.2, 0) is 11.2 Å². The summed E-state index contributed by atoms with van der Waals surface area (Å²) in [7, 11) is 0. The summed E-state index contributed by atoms with van der Waals surface area (Å²) in [5.74, 6) is -0.520. The van der Waals surface area contributed by atoms with Crippen LogP contribution < -0.4 is 4.90 Å². The minimum atomic E-state index is -0.428. The van der Waals surface area contributed by atoms with Crippen LogP contribution in [0.5, 0.6) is 0 Å². The highest BCUT2D eigenvalue weighted by Gasteiger charge is 2.23. The largest absolute Gasteiger partial charge is 0.345 e. The lowest BCUT2D eigenvalue weighted by Gasteiger charge is -2.34. The van der Waals surface area contributed by atoms with Gasteiger partial charge in [0.25, 0.3) is 0 Å². The van der Waals surface area contributed by atoms with E-state index in [0.717, 1.165) is 18.2 Å². The van der Waals surface area contributed by atoms with Crippen LogP contribution in [-0.4, -0.2) is 42.0 Å². The van der Waals surface area contributed by atoms with Gasteiger partial charge in [0.15, 0.2) is 5.13 Å². The van der Waals surface area contributed by atoms with Crippen molar-refractivity contribution < 1.29 is 9.18 Å². The Morgan fingerprint density at radius 3 is 2.73 bits per heavy atom. The third-order valence-electron chi connectivity index (χ3n) is 3.71. The molecule has 1 aliphatic heterocycles. The van der Waals surface area contributed by atoms with E-state index in [1.807, 2.05) is 5.38 Å². The van der Waals surface area contributed by atoms with E-state index in [4.69, 9.17) is 11.6 Å². The van der Waals surface area contributed by atoms with E-state index in [1.165, 1.54) is 6.07 Å². The Kier molecular flexibility index (Phi) is 4.59. The molecule has 0 atom stereocenters. The maximum absolute atomic E-state index is 13.8. The van der Waals surface area contributed by atoms with Crippen LogP contribution >= 0.6 is 22.9 Å². The maximum Gasteiger partial charge on any atom is 0.227 e. The van der Waals surface area contributed by atoms with Gasteiger partial charge in [-0.1, -0.05) is 17.7 Å². The lowest BCUT2D eigenvalue weighted by Crippen LogP contribution is -2.49. The summed E-state index contributed by atoms with van der Waals surface area (Å²) in [6, 6.07) is 4.47. The minimum Gasteiger partial charge on any atom is -0.345 e. The van der Waals surface area contributed by atoms with Crippen LogP contribution in [0.3, 0.4) is 0 Å². The van der Waals surface area contributed by atoms with Crippen LogP contribution in [0.1, 0.15) is 5.56 Å². The van der Waals surface area contributed by atoms with E-state index in [9.17, 15) is 9.18 Å². The normalized spacial score (nSPS) is 15.2. The number of thiazole rings is 1. The highest BCUT2D eigenvalue weighted by Crippen LogP contribution is 2.22. The number of amides is 1. The second kappa shape index (κ2) is 6.62. The Hall–Kier alpha value is -1.66. The second-order valence-electron chi connectivity index (χ2n) is 5.06. The van der Waals surface area contributed by atoms with E-state index in [0.29, 0.717) is 18.1 Å². The first-order chi connectivity index (χ1) is 10.6. The molecule has 0 saturated carbocycles. The molecule has 0 spiro atoms. The summed E-state index contributed by atoms with van der Waals surface area (Å²) in [6.45, 7) is 2.71. The van der Waals surface area contributed by atoms with Gasteiger partial charge in [-0.2, -0.15) is 0 Å². The van der Waals surface area contributed by atoms with Gasteiger partial charge in [-0.25, -0.2) is 9.37 Å². The van der Waals surface area contributed by atoms with E-state index in [1.54, 1.807) is 34.6 Å². The van der Waals surface area contributed by atoms with E-state index in [2.05, 4.69) is 9.88 Å². The molecule has 3 rings (SSSR count). The molecule has 1 aliphatic rings. The monoisotopic (exact) mass is 339 g/mol. The average Bonchev–Trinajstić information content (AvgIpc) is 3.05. The van der Waals surface area contributed by atoms with Gasteiger partial charge in [-0.3, -0.25) is 4.79 Å². The molecular weight excluding hydrogens is 325 g/mol. The number of anilines is 1. The van der Waals surface area contributed by atoms with Crippen molar-refractivity contribution in [1.82, 2.24) is 9.88 Å². The molecule has 4 nitrogen and oxygen atoms in total. The summed E-state index contributed by atoms with van der Waals surface area (Å²) in [5.41, 5.74) is 0.275. The van der Waals surface area contributed by atoms with E-state index in [-0.39, 0.29) is 17.9 Å². The van der Waals surface area contributed by atoms with Gasteiger partial charge in [0.2, 0.25) is 5.91 Å². The smallest absolute Gasteiger partial charge is 0.227 e. The summed E-state index contributed by atoms with van der Waals surface area (Å²) >= 11 is 7.57. The molecule has 1 fully saturated rings. The van der Waals surface area contributed by atoms with Gasteiger partial charge in [0.1, 0.15) is 5.82 Å². The van der Waals surface area contributed by atoms with Gasteiger partial charge in [0.05, 0.1) is 6.42 Å². The van der Waals surface area contributed by atoms with Gasteiger partial charge in [-0.15, -0.1) is 11.3 Å². The highest BCUT2D eigenvalue weighted by molar-refractivity contribution is 7.13. The van der Waals surface area contributed by atoms with Crippen molar-refractivity contribution >= 4 is 34.0 Å². The number of hydrogen-bond donors (Lipinski definition) is 0. The van der Waals surface area contributed by atoms with Crippen LogP contribution in [0.2, 0.25) is 5.02 Å². The van der Waals surface area contributed by atoms with Crippen molar-refractivity contribution in [3.05, 3.63) is 46.2 Å². The Labute approximate surface area is 137 Å². The maximum atomic E-state index is 13.8. The van der Waals surface area contributed by atoms with Gasteiger partial charge >= 0.3 is 0 Å². The number of carbonyl (C=O) groups is 1. The zero-order valence-corrected chi connectivity index (χ0v) is 13.4. The molecule has 1 aromatic heterocycles. The molecule has 0 radical (unpaired) electrons. The molecule has 0 N–H and O–H groups in total. The average molecular weight is 340 g/mol. The summed E-state index contributed by atoms with van der Waals surface area (Å²) in [6.07, 6.45) is 1.78. The zero-order chi connectivity index (χ0) is 15.5. The van der Waals surface area contributed by atoms with Crippen LogP contribution in [0.15, 0.2) is 29.8 Å².